The monoisotopic (exact) mass is 261 g/mol. The summed E-state index contributed by atoms with van der Waals surface area (Å²) < 4.78 is 7.16. The molecule has 5 heteroatoms. The minimum Gasteiger partial charge on any atom is -0.469 e. The molecule has 0 aromatic carbocycles. The van der Waals surface area contributed by atoms with Crippen LogP contribution >= 0.6 is 0 Å². The van der Waals surface area contributed by atoms with Crippen LogP contribution in [0.4, 0.5) is 5.82 Å². The van der Waals surface area contributed by atoms with E-state index in [9.17, 15) is 0 Å². The van der Waals surface area contributed by atoms with Gasteiger partial charge in [-0.1, -0.05) is 0 Å². The molecule has 0 saturated heterocycles. The summed E-state index contributed by atoms with van der Waals surface area (Å²) in [5, 5.41) is 17.2. The maximum absolute atomic E-state index is 9.14. The molecule has 102 valence electrons. The Kier molecular flexibility index (Phi) is 3.29. The van der Waals surface area contributed by atoms with Crippen LogP contribution in [-0.4, -0.2) is 27.5 Å². The first-order valence-electron chi connectivity index (χ1n) is 6.77. The zero-order chi connectivity index (χ0) is 13.2. The number of hydrogen-bond donors (Lipinski definition) is 2. The summed E-state index contributed by atoms with van der Waals surface area (Å²) in [6.07, 6.45) is 5.39. The van der Waals surface area contributed by atoms with Crippen LogP contribution < -0.4 is 5.32 Å². The van der Waals surface area contributed by atoms with Crippen LogP contribution in [0.1, 0.15) is 25.0 Å². The average Bonchev–Trinajstić information content (AvgIpc) is 2.91. The van der Waals surface area contributed by atoms with E-state index in [4.69, 9.17) is 9.52 Å². The van der Waals surface area contributed by atoms with Crippen molar-refractivity contribution >= 4 is 5.82 Å². The van der Waals surface area contributed by atoms with Crippen molar-refractivity contribution in [3.05, 3.63) is 24.2 Å². The number of aliphatic hydroxyl groups is 1. The van der Waals surface area contributed by atoms with Gasteiger partial charge in [0.05, 0.1) is 25.1 Å². The lowest BCUT2D eigenvalue weighted by Gasteiger charge is -2.27. The molecule has 0 spiro atoms. The van der Waals surface area contributed by atoms with E-state index in [1.54, 1.807) is 6.26 Å². The second kappa shape index (κ2) is 5.09. The van der Waals surface area contributed by atoms with Crippen molar-refractivity contribution in [3.8, 4) is 11.3 Å². The van der Waals surface area contributed by atoms with Gasteiger partial charge < -0.3 is 14.8 Å². The number of hydrogen-bond acceptors (Lipinski definition) is 4. The minimum absolute atomic E-state index is 0.0881. The number of nitrogens with zero attached hydrogens (tertiary/aromatic N) is 2. The Morgan fingerprint density at radius 1 is 1.53 bits per heavy atom. The third-order valence-corrected chi connectivity index (χ3v) is 3.68. The molecule has 19 heavy (non-hydrogen) atoms. The molecule has 0 aliphatic heterocycles. The smallest absolute Gasteiger partial charge is 0.125 e. The lowest BCUT2D eigenvalue weighted by atomic mass is 9.93. The second-order valence-corrected chi connectivity index (χ2v) is 5.02. The quantitative estimate of drug-likeness (QED) is 0.867. The van der Waals surface area contributed by atoms with Gasteiger partial charge >= 0.3 is 0 Å². The molecule has 1 saturated carbocycles. The summed E-state index contributed by atoms with van der Waals surface area (Å²) in [6.45, 7) is 2.52. The van der Waals surface area contributed by atoms with E-state index < -0.39 is 0 Å². The van der Waals surface area contributed by atoms with Gasteiger partial charge in [0.1, 0.15) is 11.6 Å². The molecule has 2 aromatic rings. The predicted molar refractivity (Wildman–Crippen MR) is 73.0 cm³/mol. The van der Waals surface area contributed by atoms with Crippen LogP contribution in [0.15, 0.2) is 22.8 Å². The van der Waals surface area contributed by atoms with Crippen molar-refractivity contribution in [2.75, 3.05) is 11.9 Å². The summed E-state index contributed by atoms with van der Waals surface area (Å²) in [6, 6.07) is 4.51. The van der Waals surface area contributed by atoms with Crippen molar-refractivity contribution in [2.24, 2.45) is 0 Å². The van der Waals surface area contributed by atoms with Crippen LogP contribution in [0, 0.1) is 6.92 Å². The van der Waals surface area contributed by atoms with Crippen molar-refractivity contribution in [1.29, 1.82) is 0 Å². The topological polar surface area (TPSA) is 63.2 Å². The van der Waals surface area contributed by atoms with E-state index in [2.05, 4.69) is 10.4 Å². The van der Waals surface area contributed by atoms with Gasteiger partial charge in [-0.3, -0.25) is 0 Å². The summed E-state index contributed by atoms with van der Waals surface area (Å²) in [4.78, 5) is 0. The molecule has 3 rings (SSSR count). The number of aromatic nitrogens is 2. The van der Waals surface area contributed by atoms with E-state index in [0.717, 1.165) is 22.8 Å². The first kappa shape index (κ1) is 12.3. The van der Waals surface area contributed by atoms with E-state index in [0.29, 0.717) is 12.6 Å². The molecular formula is C14H19N3O2. The summed E-state index contributed by atoms with van der Waals surface area (Å²) >= 11 is 0. The number of anilines is 1. The fraction of sp³-hybridized carbons (Fsp3) is 0.500. The largest absolute Gasteiger partial charge is 0.469 e. The first-order valence-corrected chi connectivity index (χ1v) is 6.77. The van der Waals surface area contributed by atoms with Gasteiger partial charge in [-0.2, -0.15) is 5.10 Å². The maximum Gasteiger partial charge on any atom is 0.125 e. The Bertz CT molecular complexity index is 555. The fourth-order valence-corrected chi connectivity index (χ4v) is 2.34. The highest BCUT2D eigenvalue weighted by Crippen LogP contribution is 2.28. The molecule has 5 nitrogen and oxygen atoms in total. The van der Waals surface area contributed by atoms with Gasteiger partial charge in [0.25, 0.3) is 0 Å². The van der Waals surface area contributed by atoms with Crippen molar-refractivity contribution in [1.82, 2.24) is 9.78 Å². The van der Waals surface area contributed by atoms with Crippen molar-refractivity contribution in [2.45, 2.75) is 38.8 Å². The van der Waals surface area contributed by atoms with Crippen LogP contribution in [0.3, 0.4) is 0 Å². The molecule has 0 amide bonds. The highest BCUT2D eigenvalue weighted by Gasteiger charge is 2.20. The Balaban J connectivity index is 1.89. The number of aliphatic hydroxyl groups excluding tert-OH is 1. The molecule has 2 aromatic heterocycles. The minimum atomic E-state index is 0.0881. The highest BCUT2D eigenvalue weighted by atomic mass is 16.3. The molecular weight excluding hydrogens is 242 g/mol. The Hall–Kier alpha value is -1.75. The molecule has 0 bridgehead atoms. The van der Waals surface area contributed by atoms with Gasteiger partial charge in [0.2, 0.25) is 0 Å². The zero-order valence-corrected chi connectivity index (χ0v) is 11.1. The summed E-state index contributed by atoms with van der Waals surface area (Å²) in [5.74, 6) is 1.85. The summed E-state index contributed by atoms with van der Waals surface area (Å²) in [7, 11) is 0. The van der Waals surface area contributed by atoms with E-state index in [1.165, 1.54) is 19.3 Å². The molecule has 1 aliphatic rings. The third kappa shape index (κ3) is 2.38. The van der Waals surface area contributed by atoms with Crippen LogP contribution in [0.25, 0.3) is 11.3 Å². The number of furan rings is 1. The van der Waals surface area contributed by atoms with E-state index in [-0.39, 0.29) is 6.61 Å². The lowest BCUT2D eigenvalue weighted by Crippen LogP contribution is -2.28. The van der Waals surface area contributed by atoms with Crippen LogP contribution in [0.2, 0.25) is 0 Å². The molecule has 1 fully saturated rings. The van der Waals surface area contributed by atoms with Gasteiger partial charge in [-0.15, -0.1) is 0 Å². The number of rotatable bonds is 5. The summed E-state index contributed by atoms with van der Waals surface area (Å²) in [5.41, 5.74) is 1.90. The molecule has 0 unspecified atom stereocenters. The predicted octanol–water partition coefficient (Wildman–Crippen LogP) is 2.41. The number of aryl methyl sites for hydroxylation is 1. The average molecular weight is 261 g/mol. The standard InChI is InChI=1S/C14H19N3O2/c1-10-12(5-8-19-10)13-9-14(15-11-3-2-4-11)17(16-13)6-7-18/h5,8-9,11,15,18H,2-4,6-7H2,1H3. The molecule has 2 N–H and O–H groups in total. The van der Waals surface area contributed by atoms with E-state index >= 15 is 0 Å². The van der Waals surface area contributed by atoms with Gasteiger partial charge in [-0.25, -0.2) is 4.68 Å². The molecule has 0 radical (unpaired) electrons. The first-order chi connectivity index (χ1) is 9.28. The second-order valence-electron chi connectivity index (χ2n) is 5.02. The number of nitrogens with one attached hydrogen (secondary N) is 1. The zero-order valence-electron chi connectivity index (χ0n) is 11.1. The third-order valence-electron chi connectivity index (χ3n) is 3.68. The van der Waals surface area contributed by atoms with E-state index in [1.807, 2.05) is 23.7 Å². The van der Waals surface area contributed by atoms with Crippen molar-refractivity contribution in [3.63, 3.8) is 0 Å². The van der Waals surface area contributed by atoms with Gasteiger partial charge in [-0.05, 0) is 32.3 Å². The Morgan fingerprint density at radius 2 is 2.37 bits per heavy atom. The van der Waals surface area contributed by atoms with Gasteiger partial charge in [0.15, 0.2) is 0 Å². The molecule has 1 aliphatic carbocycles. The normalized spacial score (nSPS) is 15.5. The van der Waals surface area contributed by atoms with Crippen LogP contribution in [0.5, 0.6) is 0 Å². The highest BCUT2D eigenvalue weighted by molar-refractivity contribution is 5.64. The Labute approximate surface area is 112 Å². The SMILES string of the molecule is Cc1occc1-c1cc(NC2CCC2)n(CCO)n1. The van der Waals surface area contributed by atoms with Gasteiger partial charge in [0, 0.05) is 17.7 Å². The molecule has 2 heterocycles. The molecule has 0 atom stereocenters. The maximum atomic E-state index is 9.14. The van der Waals surface area contributed by atoms with Crippen molar-refractivity contribution < 1.29 is 9.52 Å². The lowest BCUT2D eigenvalue weighted by molar-refractivity contribution is 0.270. The van der Waals surface area contributed by atoms with Crippen LogP contribution in [-0.2, 0) is 6.54 Å². The fourth-order valence-electron chi connectivity index (χ4n) is 2.34. The Morgan fingerprint density at radius 3 is 2.95 bits per heavy atom.